The van der Waals surface area contributed by atoms with Gasteiger partial charge in [-0.2, -0.15) is 0 Å². The normalized spacial score (nSPS) is 10.6. The van der Waals surface area contributed by atoms with Crippen molar-refractivity contribution < 1.29 is 14.3 Å². The fraction of sp³-hybridized carbons (Fsp3) is 0.208. The van der Waals surface area contributed by atoms with E-state index in [0.717, 1.165) is 40.9 Å². The van der Waals surface area contributed by atoms with Crippen molar-refractivity contribution in [3.8, 4) is 5.75 Å². The van der Waals surface area contributed by atoms with Gasteiger partial charge in [0.1, 0.15) is 12.4 Å². The summed E-state index contributed by atoms with van der Waals surface area (Å²) in [6.45, 7) is 2.12. The van der Waals surface area contributed by atoms with E-state index in [1.807, 2.05) is 42.5 Å². The molecule has 1 N–H and O–H groups in total. The van der Waals surface area contributed by atoms with Crippen LogP contribution in [0, 0.1) is 0 Å². The number of halogens is 1. The van der Waals surface area contributed by atoms with Gasteiger partial charge in [-0.25, -0.2) is 4.79 Å². The number of hydrogen-bond acceptors (Lipinski definition) is 4. The predicted octanol–water partition coefficient (Wildman–Crippen LogP) is 5.15. The van der Waals surface area contributed by atoms with Gasteiger partial charge in [0.15, 0.2) is 0 Å². The van der Waals surface area contributed by atoms with Gasteiger partial charge < -0.3 is 14.8 Å². The molecule has 0 aliphatic carbocycles. The molecule has 29 heavy (non-hydrogen) atoms. The Bertz CT molecular complexity index is 924. The molecule has 0 saturated carbocycles. The third kappa shape index (κ3) is 6.44. The molecule has 0 radical (unpaired) electrons. The lowest BCUT2D eigenvalue weighted by molar-refractivity contribution is 0.0600. The molecule has 3 rings (SSSR count). The molecular weight excluding hydrogens is 430 g/mol. The Morgan fingerprint density at radius 2 is 1.62 bits per heavy atom. The van der Waals surface area contributed by atoms with E-state index in [0.29, 0.717) is 12.2 Å². The van der Waals surface area contributed by atoms with E-state index in [4.69, 9.17) is 9.47 Å². The van der Waals surface area contributed by atoms with E-state index in [1.165, 1.54) is 12.7 Å². The second-order valence-corrected chi connectivity index (χ2v) is 7.55. The SMILES string of the molecule is COC(=O)c1ccc(CNCCc2ccccc2OCc2ccc(Br)cc2)cc1. The van der Waals surface area contributed by atoms with Crippen LogP contribution in [0.5, 0.6) is 5.75 Å². The average molecular weight is 454 g/mol. The minimum atomic E-state index is -0.316. The first-order chi connectivity index (χ1) is 14.2. The average Bonchev–Trinajstić information content (AvgIpc) is 2.77. The van der Waals surface area contributed by atoms with Gasteiger partial charge in [-0.3, -0.25) is 0 Å². The molecule has 3 aromatic carbocycles. The second-order valence-electron chi connectivity index (χ2n) is 6.64. The quantitative estimate of drug-likeness (QED) is 0.359. The van der Waals surface area contributed by atoms with Gasteiger partial charge in [0, 0.05) is 11.0 Å². The molecule has 0 bridgehead atoms. The van der Waals surface area contributed by atoms with Crippen molar-refractivity contribution in [2.24, 2.45) is 0 Å². The lowest BCUT2D eigenvalue weighted by Gasteiger charge is -2.12. The Morgan fingerprint density at radius 3 is 2.34 bits per heavy atom. The van der Waals surface area contributed by atoms with E-state index in [-0.39, 0.29) is 5.97 Å². The Balaban J connectivity index is 1.48. The largest absolute Gasteiger partial charge is 0.489 e. The smallest absolute Gasteiger partial charge is 0.337 e. The Labute approximate surface area is 180 Å². The molecule has 5 heteroatoms. The highest BCUT2D eigenvalue weighted by atomic mass is 79.9. The number of ether oxygens (including phenoxy) is 2. The molecule has 0 aromatic heterocycles. The fourth-order valence-corrected chi connectivity index (χ4v) is 3.19. The number of hydrogen-bond donors (Lipinski definition) is 1. The lowest BCUT2D eigenvalue weighted by Crippen LogP contribution is -2.17. The number of carbonyl (C=O) groups is 1. The third-order valence-corrected chi connectivity index (χ3v) is 5.08. The Hall–Kier alpha value is -2.63. The maximum atomic E-state index is 11.5. The number of esters is 1. The van der Waals surface area contributed by atoms with Gasteiger partial charge in [0.2, 0.25) is 0 Å². The maximum Gasteiger partial charge on any atom is 0.337 e. The zero-order valence-corrected chi connectivity index (χ0v) is 17.9. The van der Waals surface area contributed by atoms with Crippen LogP contribution in [0.2, 0.25) is 0 Å². The van der Waals surface area contributed by atoms with Gasteiger partial charge in [0.05, 0.1) is 12.7 Å². The molecule has 0 atom stereocenters. The van der Waals surface area contributed by atoms with Crippen molar-refractivity contribution in [3.05, 3.63) is 99.5 Å². The highest BCUT2D eigenvalue weighted by molar-refractivity contribution is 9.10. The molecule has 0 fully saturated rings. The number of para-hydroxylation sites is 1. The predicted molar refractivity (Wildman–Crippen MR) is 118 cm³/mol. The number of nitrogens with one attached hydrogen (secondary N) is 1. The van der Waals surface area contributed by atoms with E-state index in [9.17, 15) is 4.79 Å². The minimum Gasteiger partial charge on any atom is -0.489 e. The summed E-state index contributed by atoms with van der Waals surface area (Å²) in [6, 6.07) is 23.7. The van der Waals surface area contributed by atoms with E-state index >= 15 is 0 Å². The third-order valence-electron chi connectivity index (χ3n) is 4.56. The molecule has 4 nitrogen and oxygen atoms in total. The summed E-state index contributed by atoms with van der Waals surface area (Å²) in [5.41, 5.74) is 4.00. The number of rotatable bonds is 9. The first-order valence-electron chi connectivity index (χ1n) is 9.49. The Kier molecular flexibility index (Phi) is 7.85. The van der Waals surface area contributed by atoms with E-state index in [1.54, 1.807) is 12.1 Å². The fourth-order valence-electron chi connectivity index (χ4n) is 2.93. The number of carbonyl (C=O) groups excluding carboxylic acids is 1. The van der Waals surface area contributed by atoms with Crippen molar-refractivity contribution in [2.45, 2.75) is 19.6 Å². The van der Waals surface area contributed by atoms with Crippen molar-refractivity contribution in [1.29, 1.82) is 0 Å². The van der Waals surface area contributed by atoms with Crippen LogP contribution in [0.25, 0.3) is 0 Å². The van der Waals surface area contributed by atoms with Gasteiger partial charge >= 0.3 is 5.97 Å². The van der Waals surface area contributed by atoms with Crippen molar-refractivity contribution >= 4 is 21.9 Å². The van der Waals surface area contributed by atoms with Crippen LogP contribution in [-0.4, -0.2) is 19.6 Å². The summed E-state index contributed by atoms with van der Waals surface area (Å²) in [4.78, 5) is 11.5. The monoisotopic (exact) mass is 453 g/mol. The molecular formula is C24H24BrNO3. The summed E-state index contributed by atoms with van der Waals surface area (Å²) in [7, 11) is 1.39. The lowest BCUT2D eigenvalue weighted by atomic mass is 10.1. The first kappa shape index (κ1) is 21.1. The van der Waals surface area contributed by atoms with Crippen LogP contribution in [0.4, 0.5) is 0 Å². The van der Waals surface area contributed by atoms with E-state index in [2.05, 4.69) is 39.4 Å². The highest BCUT2D eigenvalue weighted by Crippen LogP contribution is 2.20. The van der Waals surface area contributed by atoms with Gasteiger partial charge in [0.25, 0.3) is 0 Å². The highest BCUT2D eigenvalue weighted by Gasteiger charge is 2.05. The maximum absolute atomic E-state index is 11.5. The summed E-state index contributed by atoms with van der Waals surface area (Å²) in [5, 5.41) is 3.44. The summed E-state index contributed by atoms with van der Waals surface area (Å²) in [6.07, 6.45) is 0.872. The molecule has 150 valence electrons. The zero-order valence-electron chi connectivity index (χ0n) is 16.4. The second kappa shape index (κ2) is 10.8. The van der Waals surface area contributed by atoms with Crippen LogP contribution in [0.1, 0.15) is 27.0 Å². The Morgan fingerprint density at radius 1 is 0.931 bits per heavy atom. The standard InChI is InChI=1S/C24H24BrNO3/c1-28-24(27)21-10-6-18(7-11-21)16-26-15-14-20-4-2-3-5-23(20)29-17-19-8-12-22(25)13-9-19/h2-13,26H,14-17H2,1H3. The van der Waals surface area contributed by atoms with Crippen LogP contribution >= 0.6 is 15.9 Å². The molecule has 0 aliphatic heterocycles. The van der Waals surface area contributed by atoms with Crippen molar-refractivity contribution in [1.82, 2.24) is 5.32 Å². The first-order valence-corrected chi connectivity index (χ1v) is 10.3. The molecule has 0 spiro atoms. The zero-order chi connectivity index (χ0) is 20.5. The number of methoxy groups -OCH3 is 1. The molecule has 0 heterocycles. The molecule has 0 saturated heterocycles. The van der Waals surface area contributed by atoms with E-state index < -0.39 is 0 Å². The van der Waals surface area contributed by atoms with Gasteiger partial charge in [-0.05, 0) is 60.0 Å². The summed E-state index contributed by atoms with van der Waals surface area (Å²) in [5.74, 6) is 0.601. The van der Waals surface area contributed by atoms with Crippen LogP contribution in [-0.2, 0) is 24.3 Å². The summed E-state index contributed by atoms with van der Waals surface area (Å²) < 4.78 is 11.8. The molecule has 3 aromatic rings. The summed E-state index contributed by atoms with van der Waals surface area (Å²) >= 11 is 3.45. The number of benzene rings is 3. The molecule has 0 aliphatic rings. The minimum absolute atomic E-state index is 0.316. The van der Waals surface area contributed by atoms with Crippen LogP contribution in [0.3, 0.4) is 0 Å². The van der Waals surface area contributed by atoms with Crippen LogP contribution < -0.4 is 10.1 Å². The molecule has 0 amide bonds. The van der Waals surface area contributed by atoms with Gasteiger partial charge in [-0.15, -0.1) is 0 Å². The van der Waals surface area contributed by atoms with Crippen LogP contribution in [0.15, 0.2) is 77.3 Å². The topological polar surface area (TPSA) is 47.6 Å². The van der Waals surface area contributed by atoms with Crippen molar-refractivity contribution in [2.75, 3.05) is 13.7 Å². The van der Waals surface area contributed by atoms with Crippen molar-refractivity contribution in [3.63, 3.8) is 0 Å². The molecule has 0 unspecified atom stereocenters. The van der Waals surface area contributed by atoms with Gasteiger partial charge in [-0.1, -0.05) is 58.4 Å².